The van der Waals surface area contributed by atoms with Crippen LogP contribution in [0.15, 0.2) is 48.5 Å². The Kier molecular flexibility index (Phi) is 3.67. The van der Waals surface area contributed by atoms with Crippen LogP contribution in [0.4, 0.5) is 4.39 Å². The maximum Gasteiger partial charge on any atom is 0.270 e. The van der Waals surface area contributed by atoms with Crippen molar-refractivity contribution in [3.63, 3.8) is 0 Å². The number of nitrogens with zero attached hydrogens (tertiary/aromatic N) is 1. The van der Waals surface area contributed by atoms with E-state index in [-0.39, 0.29) is 11.7 Å². The van der Waals surface area contributed by atoms with Gasteiger partial charge in [-0.15, -0.1) is 0 Å². The third-order valence-electron chi connectivity index (χ3n) is 3.83. The van der Waals surface area contributed by atoms with Crippen molar-refractivity contribution in [2.24, 2.45) is 0 Å². The van der Waals surface area contributed by atoms with Crippen molar-refractivity contribution in [1.29, 1.82) is 0 Å². The van der Waals surface area contributed by atoms with Crippen LogP contribution in [0.5, 0.6) is 0 Å². The number of hydrogen-bond donors (Lipinski definition) is 1. The van der Waals surface area contributed by atoms with E-state index in [1.807, 2.05) is 31.2 Å². The van der Waals surface area contributed by atoms with Crippen LogP contribution in [0.25, 0.3) is 10.9 Å². The lowest BCUT2D eigenvalue weighted by atomic mass is 10.1. The number of halogens is 1. The fraction of sp³-hybridized carbons (Fsp3) is 0.167. The van der Waals surface area contributed by atoms with Crippen molar-refractivity contribution in [1.82, 2.24) is 9.88 Å². The van der Waals surface area contributed by atoms with Crippen LogP contribution in [0.2, 0.25) is 0 Å². The summed E-state index contributed by atoms with van der Waals surface area (Å²) in [5.74, 6) is -0.418. The van der Waals surface area contributed by atoms with Crippen molar-refractivity contribution < 1.29 is 9.18 Å². The quantitative estimate of drug-likeness (QED) is 0.782. The van der Waals surface area contributed by atoms with Crippen molar-refractivity contribution in [2.45, 2.75) is 13.5 Å². The second-order valence-corrected chi connectivity index (χ2v) is 5.50. The van der Waals surface area contributed by atoms with E-state index in [1.165, 1.54) is 12.1 Å². The average molecular weight is 296 g/mol. The van der Waals surface area contributed by atoms with E-state index >= 15 is 0 Å². The molecule has 0 spiro atoms. The smallest absolute Gasteiger partial charge is 0.270 e. The lowest BCUT2D eigenvalue weighted by Gasteiger charge is -2.17. The van der Waals surface area contributed by atoms with E-state index in [4.69, 9.17) is 0 Å². The third kappa shape index (κ3) is 2.72. The molecule has 3 aromatic rings. The lowest BCUT2D eigenvalue weighted by Crippen LogP contribution is -2.26. The van der Waals surface area contributed by atoms with Crippen LogP contribution < -0.4 is 0 Å². The van der Waals surface area contributed by atoms with Crippen molar-refractivity contribution >= 4 is 16.8 Å². The molecule has 0 aliphatic rings. The first-order valence-corrected chi connectivity index (χ1v) is 7.13. The number of hydrogen-bond acceptors (Lipinski definition) is 1. The number of fused-ring (bicyclic) bond motifs is 1. The second kappa shape index (κ2) is 5.64. The fourth-order valence-electron chi connectivity index (χ4n) is 2.54. The predicted octanol–water partition coefficient (Wildman–Crippen LogP) is 3.89. The summed E-state index contributed by atoms with van der Waals surface area (Å²) in [6, 6.07) is 14.1. The molecule has 4 heteroatoms. The van der Waals surface area contributed by atoms with E-state index in [0.717, 1.165) is 16.6 Å². The lowest BCUT2D eigenvalue weighted by molar-refractivity contribution is 0.0780. The minimum Gasteiger partial charge on any atom is -0.351 e. The molecule has 112 valence electrons. The molecule has 0 aliphatic heterocycles. The number of benzene rings is 2. The number of aromatic nitrogens is 1. The second-order valence-electron chi connectivity index (χ2n) is 5.50. The molecule has 0 saturated heterocycles. The number of aromatic amines is 1. The summed E-state index contributed by atoms with van der Waals surface area (Å²) in [4.78, 5) is 17.2. The summed E-state index contributed by atoms with van der Waals surface area (Å²) < 4.78 is 13.2. The molecule has 2 aromatic carbocycles. The molecule has 0 unspecified atom stereocenters. The largest absolute Gasteiger partial charge is 0.351 e. The molecule has 3 nitrogen and oxygen atoms in total. The molecular formula is C18H17FN2O. The van der Waals surface area contributed by atoms with Crippen LogP contribution in [0.1, 0.15) is 21.6 Å². The number of carbonyl (C=O) groups is 1. The number of amides is 1. The highest BCUT2D eigenvalue weighted by atomic mass is 19.1. The third-order valence-corrected chi connectivity index (χ3v) is 3.83. The first-order valence-electron chi connectivity index (χ1n) is 7.13. The summed E-state index contributed by atoms with van der Waals surface area (Å²) in [5, 5.41) is 0.702. The molecule has 0 bridgehead atoms. The Morgan fingerprint density at radius 2 is 1.95 bits per heavy atom. The first-order chi connectivity index (χ1) is 10.5. The summed E-state index contributed by atoms with van der Waals surface area (Å²) >= 11 is 0. The van der Waals surface area contributed by atoms with Gasteiger partial charge in [-0.1, -0.05) is 24.3 Å². The van der Waals surface area contributed by atoms with E-state index in [1.54, 1.807) is 24.1 Å². The van der Waals surface area contributed by atoms with Gasteiger partial charge in [-0.05, 0) is 42.3 Å². The Hall–Kier alpha value is -2.62. The molecule has 22 heavy (non-hydrogen) atoms. The Morgan fingerprint density at radius 1 is 1.18 bits per heavy atom. The molecular weight excluding hydrogens is 279 g/mol. The molecule has 0 atom stereocenters. The zero-order valence-electron chi connectivity index (χ0n) is 12.6. The van der Waals surface area contributed by atoms with Crippen molar-refractivity contribution in [3.05, 3.63) is 71.2 Å². The van der Waals surface area contributed by atoms with Gasteiger partial charge in [0.2, 0.25) is 0 Å². The van der Waals surface area contributed by atoms with Crippen LogP contribution in [0.3, 0.4) is 0 Å². The number of H-pyrrole nitrogens is 1. The molecule has 3 rings (SSSR count). The highest BCUT2D eigenvalue weighted by Gasteiger charge is 2.15. The average Bonchev–Trinajstić information content (AvgIpc) is 2.91. The normalized spacial score (nSPS) is 10.9. The van der Waals surface area contributed by atoms with Crippen LogP contribution >= 0.6 is 0 Å². The van der Waals surface area contributed by atoms with E-state index in [9.17, 15) is 9.18 Å². The van der Waals surface area contributed by atoms with E-state index < -0.39 is 0 Å². The summed E-state index contributed by atoms with van der Waals surface area (Å²) in [5.41, 5.74) is 3.49. The van der Waals surface area contributed by atoms with Gasteiger partial charge in [0.25, 0.3) is 5.91 Å². The number of aryl methyl sites for hydroxylation is 1. The Labute approximate surface area is 128 Å². The Morgan fingerprint density at radius 3 is 2.73 bits per heavy atom. The number of carbonyl (C=O) groups excluding carboxylic acids is 1. The van der Waals surface area contributed by atoms with Gasteiger partial charge in [0, 0.05) is 24.5 Å². The minimum absolute atomic E-state index is 0.111. The minimum atomic E-state index is -0.307. The summed E-state index contributed by atoms with van der Waals surface area (Å²) in [6.07, 6.45) is 0. The zero-order valence-corrected chi connectivity index (χ0v) is 12.6. The SMILES string of the molecule is Cc1ccccc1CN(C)C(=O)c1cc2cc(F)ccc2[nH]1. The topological polar surface area (TPSA) is 36.1 Å². The molecule has 0 radical (unpaired) electrons. The summed E-state index contributed by atoms with van der Waals surface area (Å²) in [7, 11) is 1.76. The molecule has 1 heterocycles. The maximum absolute atomic E-state index is 13.2. The van der Waals surface area contributed by atoms with Crippen LogP contribution in [-0.2, 0) is 6.54 Å². The van der Waals surface area contributed by atoms with Crippen LogP contribution in [-0.4, -0.2) is 22.8 Å². The van der Waals surface area contributed by atoms with Gasteiger partial charge < -0.3 is 9.88 Å². The number of rotatable bonds is 3. The molecule has 1 N–H and O–H groups in total. The van der Waals surface area contributed by atoms with Crippen molar-refractivity contribution in [2.75, 3.05) is 7.05 Å². The van der Waals surface area contributed by atoms with Gasteiger partial charge >= 0.3 is 0 Å². The van der Waals surface area contributed by atoms with Gasteiger partial charge in [0.15, 0.2) is 0 Å². The van der Waals surface area contributed by atoms with E-state index in [0.29, 0.717) is 17.6 Å². The highest BCUT2D eigenvalue weighted by Crippen LogP contribution is 2.18. The van der Waals surface area contributed by atoms with E-state index in [2.05, 4.69) is 4.98 Å². The molecule has 1 aromatic heterocycles. The van der Waals surface area contributed by atoms with Gasteiger partial charge in [0.1, 0.15) is 11.5 Å². The predicted molar refractivity (Wildman–Crippen MR) is 85.2 cm³/mol. The van der Waals surface area contributed by atoms with Crippen LogP contribution in [0, 0.1) is 12.7 Å². The standard InChI is InChI=1S/C18H17FN2O/c1-12-5-3-4-6-13(12)11-21(2)18(22)17-10-14-9-15(19)7-8-16(14)20-17/h3-10,20H,11H2,1-2H3. The Bertz CT molecular complexity index is 838. The summed E-state index contributed by atoms with van der Waals surface area (Å²) in [6.45, 7) is 2.56. The van der Waals surface area contributed by atoms with Gasteiger partial charge in [-0.3, -0.25) is 4.79 Å². The first kappa shape index (κ1) is 14.3. The number of nitrogens with one attached hydrogen (secondary N) is 1. The van der Waals surface area contributed by atoms with Crippen molar-refractivity contribution in [3.8, 4) is 0 Å². The monoisotopic (exact) mass is 296 g/mol. The molecule has 0 saturated carbocycles. The zero-order chi connectivity index (χ0) is 15.7. The molecule has 0 fully saturated rings. The maximum atomic E-state index is 13.2. The van der Waals surface area contributed by atoms with Gasteiger partial charge in [-0.25, -0.2) is 4.39 Å². The Balaban J connectivity index is 1.84. The molecule has 1 amide bonds. The van der Waals surface area contributed by atoms with Gasteiger partial charge in [0.05, 0.1) is 0 Å². The van der Waals surface area contributed by atoms with Gasteiger partial charge in [-0.2, -0.15) is 0 Å². The molecule has 0 aliphatic carbocycles. The highest BCUT2D eigenvalue weighted by molar-refractivity contribution is 5.97. The fourth-order valence-corrected chi connectivity index (χ4v) is 2.54.